The van der Waals surface area contributed by atoms with Crippen LogP contribution in [0.25, 0.3) is 11.3 Å². The summed E-state index contributed by atoms with van der Waals surface area (Å²) in [6.45, 7) is 8.68. The molecule has 3 fully saturated rings. The van der Waals surface area contributed by atoms with Gasteiger partial charge in [0, 0.05) is 69.4 Å². The van der Waals surface area contributed by atoms with E-state index in [9.17, 15) is 9.59 Å². The number of carbonyl (C=O) groups excluding carboxylic acids is 2. The zero-order valence-electron chi connectivity index (χ0n) is 25.8. The molecule has 2 aromatic rings. The summed E-state index contributed by atoms with van der Waals surface area (Å²) in [5, 5.41) is 6.12. The van der Waals surface area contributed by atoms with Gasteiger partial charge in [-0.15, -0.1) is 11.3 Å². The lowest BCUT2D eigenvalue weighted by Gasteiger charge is -2.37. The van der Waals surface area contributed by atoms with Crippen LogP contribution >= 0.6 is 43.2 Å². The van der Waals surface area contributed by atoms with E-state index >= 15 is 0 Å². The first kappa shape index (κ1) is 33.5. The van der Waals surface area contributed by atoms with Crippen LogP contribution in [-0.2, 0) is 19.0 Å². The van der Waals surface area contributed by atoms with Gasteiger partial charge in [-0.3, -0.25) is 9.59 Å². The Hall–Kier alpha value is -1.87. The predicted octanol–water partition coefficient (Wildman–Crippen LogP) is 4.55. The molecule has 1 N–H and O–H groups in total. The quantitative estimate of drug-likeness (QED) is 0.354. The normalized spacial score (nSPS) is 24.0. The molecule has 13 heteroatoms. The number of aromatic nitrogens is 1. The van der Waals surface area contributed by atoms with Gasteiger partial charge >= 0.3 is 0 Å². The first-order chi connectivity index (χ1) is 21.0. The number of halogens is 2. The van der Waals surface area contributed by atoms with Crippen LogP contribution in [0, 0.1) is 11.8 Å². The van der Waals surface area contributed by atoms with Gasteiger partial charge in [-0.1, -0.05) is 32.1 Å². The van der Waals surface area contributed by atoms with E-state index in [0.717, 1.165) is 46.0 Å². The largest absolute Gasteiger partial charge is 0.369 e. The molecule has 240 valence electrons. The number of thiazole rings is 1. The van der Waals surface area contributed by atoms with E-state index in [2.05, 4.69) is 59.4 Å². The van der Waals surface area contributed by atoms with Gasteiger partial charge in [0.1, 0.15) is 18.7 Å². The van der Waals surface area contributed by atoms with Crippen molar-refractivity contribution >= 4 is 60.1 Å². The molecule has 1 aromatic carbocycles. The highest BCUT2D eigenvalue weighted by atomic mass is 79.9. The van der Waals surface area contributed by atoms with Gasteiger partial charge in [0.15, 0.2) is 5.13 Å². The lowest BCUT2D eigenvalue weighted by Crippen LogP contribution is -2.58. The van der Waals surface area contributed by atoms with E-state index < -0.39 is 17.9 Å². The number of nitrogens with one attached hydrogen (secondary N) is 1. The number of piperazine rings is 1. The maximum atomic E-state index is 14.2. The molecule has 44 heavy (non-hydrogen) atoms. The van der Waals surface area contributed by atoms with Crippen molar-refractivity contribution in [3.63, 3.8) is 0 Å². The number of ether oxygens (including phenoxy) is 3. The van der Waals surface area contributed by atoms with Crippen molar-refractivity contribution in [2.75, 3.05) is 65.5 Å². The lowest BCUT2D eigenvalue weighted by atomic mass is 9.98. The Morgan fingerprint density at radius 1 is 1.16 bits per heavy atom. The van der Waals surface area contributed by atoms with Crippen molar-refractivity contribution in [1.29, 1.82) is 0 Å². The van der Waals surface area contributed by atoms with E-state index in [1.807, 2.05) is 32.1 Å². The number of nitrogens with zero attached hydrogens (tertiary/aromatic N) is 4. The van der Waals surface area contributed by atoms with Gasteiger partial charge in [-0.2, -0.15) is 0 Å². The molecule has 0 spiro atoms. The second-order valence-corrected chi connectivity index (χ2v) is 15.7. The fourth-order valence-corrected chi connectivity index (χ4v) is 7.87. The first-order valence-electron chi connectivity index (χ1n) is 14.9. The molecular formula is C31H41Br2N5O5S. The Bertz CT molecular complexity index is 1340. The van der Waals surface area contributed by atoms with Gasteiger partial charge in [0.05, 0.1) is 15.2 Å². The summed E-state index contributed by atoms with van der Waals surface area (Å²) < 4.78 is 18.5. The highest BCUT2D eigenvalue weighted by molar-refractivity contribution is 9.28. The number of rotatable bonds is 10. The maximum absolute atomic E-state index is 14.2. The Morgan fingerprint density at radius 3 is 2.45 bits per heavy atom. The molecule has 3 saturated heterocycles. The molecule has 2 amide bonds. The second kappa shape index (κ2) is 14.3. The Morgan fingerprint density at radius 2 is 1.84 bits per heavy atom. The van der Waals surface area contributed by atoms with E-state index in [4.69, 9.17) is 19.2 Å². The molecule has 3 aliphatic rings. The minimum Gasteiger partial charge on any atom is -0.369 e. The van der Waals surface area contributed by atoms with Crippen LogP contribution < -0.4 is 10.2 Å². The fraction of sp³-hybridized carbons (Fsp3) is 0.581. The van der Waals surface area contributed by atoms with Gasteiger partial charge in [-0.25, -0.2) is 4.98 Å². The molecule has 4 heterocycles. The zero-order valence-corrected chi connectivity index (χ0v) is 29.8. The van der Waals surface area contributed by atoms with Gasteiger partial charge < -0.3 is 34.2 Å². The summed E-state index contributed by atoms with van der Waals surface area (Å²) in [4.78, 5) is 39.0. The number of likely N-dealkylation sites (N-methyl/N-ethyl adjacent to an activating group) is 1. The number of benzene rings is 1. The maximum Gasteiger partial charge on any atom is 0.251 e. The summed E-state index contributed by atoms with van der Waals surface area (Å²) in [7, 11) is 5.27. The first-order valence-corrected chi connectivity index (χ1v) is 17.4. The van der Waals surface area contributed by atoms with Crippen molar-refractivity contribution in [3.8, 4) is 11.3 Å². The summed E-state index contributed by atoms with van der Waals surface area (Å²) in [6.07, 6.45) is 2.16. The van der Waals surface area contributed by atoms with E-state index in [1.54, 1.807) is 42.6 Å². The molecule has 10 nitrogen and oxygen atoms in total. The average molecular weight is 756 g/mol. The molecule has 0 aliphatic carbocycles. The van der Waals surface area contributed by atoms with Gasteiger partial charge in [0.25, 0.3) is 5.91 Å². The highest BCUT2D eigenvalue weighted by Gasteiger charge is 2.61. The summed E-state index contributed by atoms with van der Waals surface area (Å²) in [5.41, 5.74) is 2.33. The number of carbonyl (C=O) groups is 2. The zero-order chi connectivity index (χ0) is 31.6. The molecule has 0 bridgehead atoms. The molecule has 3 aliphatic heterocycles. The second-order valence-electron chi connectivity index (χ2n) is 12.1. The van der Waals surface area contributed by atoms with Crippen LogP contribution in [0.4, 0.5) is 5.13 Å². The number of methoxy groups -OCH3 is 2. The molecular weight excluding hydrogens is 714 g/mol. The third-order valence-corrected chi connectivity index (χ3v) is 10.2. The standard InChI is InChI=1S/C31H41Br2N5O5S/c1-19(2)14-23(29(40)38-16-22(15-25(32)33)26-27(38)31(41-4,42-5)18-43-26)34-28(39)21-8-6-20(7-9-21)24-17-44-30(35-24)37-12-10-36(3)11-13-37/h6-9,15,17,19,22-23,26-27H,10-14,16,18H2,1-5H3,(H,34,39)/t22-,23+,26?,27?/m1/s1. The van der Waals surface area contributed by atoms with Crippen molar-refractivity contribution in [1.82, 2.24) is 20.1 Å². The van der Waals surface area contributed by atoms with Crippen LogP contribution in [0.3, 0.4) is 0 Å². The Labute approximate surface area is 280 Å². The SMILES string of the molecule is COC1(OC)COC2C1N(C(=O)[C@H](CC(C)C)NC(=O)c1ccc(-c3csc(N4CCN(C)CC4)n3)cc1)C[C@H]2C=C(Br)Br. The minimum atomic E-state index is -1.09. The molecule has 0 saturated carbocycles. The third-order valence-electron chi connectivity index (χ3n) is 8.74. The summed E-state index contributed by atoms with van der Waals surface area (Å²) in [5.74, 6) is -1.48. The van der Waals surface area contributed by atoms with E-state index in [0.29, 0.717) is 18.5 Å². The summed E-state index contributed by atoms with van der Waals surface area (Å²) >= 11 is 8.55. The Kier molecular flexibility index (Phi) is 10.9. The van der Waals surface area contributed by atoms with E-state index in [1.165, 1.54) is 0 Å². The number of likely N-dealkylation sites (tertiary alicyclic amines) is 1. The van der Waals surface area contributed by atoms with Gasteiger partial charge in [-0.05, 0) is 63.4 Å². The lowest BCUT2D eigenvalue weighted by molar-refractivity contribution is -0.227. The molecule has 4 atom stereocenters. The van der Waals surface area contributed by atoms with Crippen molar-refractivity contribution in [3.05, 3.63) is 44.7 Å². The highest BCUT2D eigenvalue weighted by Crippen LogP contribution is 2.43. The van der Waals surface area contributed by atoms with Crippen LogP contribution in [-0.4, -0.2) is 111 Å². The smallest absolute Gasteiger partial charge is 0.251 e. The van der Waals surface area contributed by atoms with E-state index in [-0.39, 0.29) is 36.4 Å². The average Bonchev–Trinajstić information content (AvgIpc) is 3.73. The monoisotopic (exact) mass is 753 g/mol. The van der Waals surface area contributed by atoms with Crippen molar-refractivity contribution in [2.24, 2.45) is 11.8 Å². The van der Waals surface area contributed by atoms with Crippen LogP contribution in [0.1, 0.15) is 30.6 Å². The third kappa shape index (κ3) is 7.08. The van der Waals surface area contributed by atoms with Crippen LogP contribution in [0.2, 0.25) is 0 Å². The number of hydrogen-bond donors (Lipinski definition) is 1. The number of amides is 2. The molecule has 1 aromatic heterocycles. The number of fused-ring (bicyclic) bond motifs is 1. The van der Waals surface area contributed by atoms with Gasteiger partial charge in [0.2, 0.25) is 11.7 Å². The predicted molar refractivity (Wildman–Crippen MR) is 179 cm³/mol. The fourth-order valence-electron chi connectivity index (χ4n) is 6.30. The molecule has 0 radical (unpaired) electrons. The van der Waals surface area contributed by atoms with Crippen LogP contribution in [0.15, 0.2) is 39.1 Å². The van der Waals surface area contributed by atoms with Crippen molar-refractivity contribution in [2.45, 2.75) is 44.2 Å². The number of anilines is 1. The Balaban J connectivity index is 1.31. The summed E-state index contributed by atoms with van der Waals surface area (Å²) in [6, 6.07) is 6.22. The minimum absolute atomic E-state index is 0.0877. The van der Waals surface area contributed by atoms with Crippen molar-refractivity contribution < 1.29 is 23.8 Å². The topological polar surface area (TPSA) is 96.5 Å². The molecule has 2 unspecified atom stereocenters. The van der Waals surface area contributed by atoms with Crippen LogP contribution in [0.5, 0.6) is 0 Å². The molecule has 5 rings (SSSR count). The number of hydrogen-bond acceptors (Lipinski definition) is 9.